The molecular weight excluding hydrogens is 328 g/mol. The van der Waals surface area contributed by atoms with Crippen LogP contribution in [0.4, 0.5) is 0 Å². The second-order valence-electron chi connectivity index (χ2n) is 5.68. The SMILES string of the molecule is CCCC(=N\N=C(N)N)/C(=C\c1ccc(O)c(OC)c1)c1ccccc1. The third-order valence-electron chi connectivity index (χ3n) is 3.68. The Morgan fingerprint density at radius 3 is 2.46 bits per heavy atom. The Hall–Kier alpha value is -3.28. The maximum Gasteiger partial charge on any atom is 0.211 e. The van der Waals surface area contributed by atoms with Gasteiger partial charge in [0.2, 0.25) is 5.96 Å². The molecule has 0 atom stereocenters. The van der Waals surface area contributed by atoms with E-state index in [9.17, 15) is 5.11 Å². The zero-order chi connectivity index (χ0) is 18.9. The predicted octanol–water partition coefficient (Wildman–Crippen LogP) is 3.37. The van der Waals surface area contributed by atoms with Gasteiger partial charge in [-0.05, 0) is 35.8 Å². The number of guanidine groups is 1. The van der Waals surface area contributed by atoms with E-state index in [4.69, 9.17) is 16.2 Å². The van der Waals surface area contributed by atoms with E-state index in [1.807, 2.05) is 42.5 Å². The highest BCUT2D eigenvalue weighted by Gasteiger charge is 2.11. The topological polar surface area (TPSA) is 106 Å². The van der Waals surface area contributed by atoms with Crippen LogP contribution >= 0.6 is 0 Å². The van der Waals surface area contributed by atoms with Crippen molar-refractivity contribution in [3.8, 4) is 11.5 Å². The van der Waals surface area contributed by atoms with Crippen molar-refractivity contribution < 1.29 is 9.84 Å². The van der Waals surface area contributed by atoms with E-state index < -0.39 is 0 Å². The summed E-state index contributed by atoms with van der Waals surface area (Å²) in [6.45, 7) is 2.07. The molecule has 6 nitrogen and oxygen atoms in total. The lowest BCUT2D eigenvalue weighted by Crippen LogP contribution is -2.22. The fourth-order valence-corrected chi connectivity index (χ4v) is 2.50. The Balaban J connectivity index is 2.60. The second kappa shape index (κ2) is 9.27. The van der Waals surface area contributed by atoms with E-state index in [1.165, 1.54) is 7.11 Å². The molecule has 6 heteroatoms. The summed E-state index contributed by atoms with van der Waals surface area (Å²) in [5.74, 6) is 0.413. The highest BCUT2D eigenvalue weighted by atomic mass is 16.5. The first-order valence-corrected chi connectivity index (χ1v) is 8.35. The van der Waals surface area contributed by atoms with E-state index in [0.717, 1.165) is 28.8 Å². The molecule has 2 rings (SSSR count). The van der Waals surface area contributed by atoms with Crippen molar-refractivity contribution in [2.45, 2.75) is 19.8 Å². The predicted molar refractivity (Wildman–Crippen MR) is 107 cm³/mol. The van der Waals surface area contributed by atoms with Crippen LogP contribution in [0.2, 0.25) is 0 Å². The molecule has 2 aromatic carbocycles. The average molecular weight is 352 g/mol. The Morgan fingerprint density at radius 2 is 1.85 bits per heavy atom. The number of benzene rings is 2. The lowest BCUT2D eigenvalue weighted by Gasteiger charge is -2.11. The lowest BCUT2D eigenvalue weighted by atomic mass is 9.96. The Labute approximate surface area is 153 Å². The number of rotatable bonds is 7. The molecule has 0 amide bonds. The molecule has 0 spiro atoms. The minimum atomic E-state index is -0.0858. The van der Waals surface area contributed by atoms with E-state index in [-0.39, 0.29) is 11.7 Å². The van der Waals surface area contributed by atoms with Gasteiger partial charge < -0.3 is 21.3 Å². The van der Waals surface area contributed by atoms with E-state index in [0.29, 0.717) is 12.2 Å². The summed E-state index contributed by atoms with van der Waals surface area (Å²) >= 11 is 0. The Bertz CT molecular complexity index is 823. The molecule has 2 aromatic rings. The van der Waals surface area contributed by atoms with Gasteiger partial charge in [-0.15, -0.1) is 5.10 Å². The molecule has 0 saturated carbocycles. The summed E-state index contributed by atoms with van der Waals surface area (Å²) in [7, 11) is 1.52. The first kappa shape index (κ1) is 19.1. The Morgan fingerprint density at radius 1 is 1.12 bits per heavy atom. The number of ether oxygens (including phenoxy) is 1. The summed E-state index contributed by atoms with van der Waals surface area (Å²) in [5, 5.41) is 17.9. The molecule has 0 aromatic heterocycles. The molecule has 0 bridgehead atoms. The van der Waals surface area contributed by atoms with Gasteiger partial charge in [-0.3, -0.25) is 0 Å². The number of aromatic hydroxyl groups is 1. The number of hydrogen-bond acceptors (Lipinski definition) is 4. The second-order valence-corrected chi connectivity index (χ2v) is 5.68. The largest absolute Gasteiger partial charge is 0.504 e. The first-order chi connectivity index (χ1) is 12.5. The highest BCUT2D eigenvalue weighted by molar-refractivity contribution is 6.28. The summed E-state index contributed by atoms with van der Waals surface area (Å²) < 4.78 is 5.20. The smallest absolute Gasteiger partial charge is 0.211 e. The molecule has 0 aliphatic rings. The number of methoxy groups -OCH3 is 1. The van der Waals surface area contributed by atoms with Crippen molar-refractivity contribution in [3.63, 3.8) is 0 Å². The number of nitrogens with two attached hydrogens (primary N) is 2. The van der Waals surface area contributed by atoms with Crippen LogP contribution in [0.25, 0.3) is 11.6 Å². The van der Waals surface area contributed by atoms with Gasteiger partial charge in [-0.25, -0.2) is 0 Å². The third kappa shape index (κ3) is 5.11. The molecular formula is C20H24N4O2. The molecule has 0 fully saturated rings. The molecule has 0 unspecified atom stereocenters. The maximum atomic E-state index is 9.81. The number of phenols is 1. The van der Waals surface area contributed by atoms with Gasteiger partial charge in [-0.1, -0.05) is 49.7 Å². The van der Waals surface area contributed by atoms with Gasteiger partial charge in [0.25, 0.3) is 0 Å². The van der Waals surface area contributed by atoms with Gasteiger partial charge in [0.1, 0.15) is 0 Å². The standard InChI is InChI=1S/C20H24N4O2/c1-3-7-17(23-24-20(21)22)16(15-8-5-4-6-9-15)12-14-10-11-18(25)19(13-14)26-2/h4-6,8-13,25H,3,7H2,1-2H3,(H4,21,22,24)/b16-12-,23-17+. The number of hydrogen-bond donors (Lipinski definition) is 3. The normalized spacial score (nSPS) is 11.9. The summed E-state index contributed by atoms with van der Waals surface area (Å²) in [6, 6.07) is 15.1. The van der Waals surface area contributed by atoms with E-state index >= 15 is 0 Å². The van der Waals surface area contributed by atoms with Crippen molar-refractivity contribution in [1.82, 2.24) is 0 Å². The van der Waals surface area contributed by atoms with Gasteiger partial charge in [0, 0.05) is 5.57 Å². The number of nitrogens with zero attached hydrogens (tertiary/aromatic N) is 2. The molecule has 0 radical (unpaired) electrons. The van der Waals surface area contributed by atoms with Crippen molar-refractivity contribution in [2.75, 3.05) is 7.11 Å². The van der Waals surface area contributed by atoms with Crippen LogP contribution in [0.3, 0.4) is 0 Å². The van der Waals surface area contributed by atoms with Crippen LogP contribution in [0.15, 0.2) is 58.7 Å². The zero-order valence-electron chi connectivity index (χ0n) is 15.0. The third-order valence-corrected chi connectivity index (χ3v) is 3.68. The molecule has 0 aliphatic heterocycles. The minimum Gasteiger partial charge on any atom is -0.504 e. The van der Waals surface area contributed by atoms with E-state index in [2.05, 4.69) is 17.1 Å². The molecule has 0 aliphatic carbocycles. The van der Waals surface area contributed by atoms with Gasteiger partial charge in [0.05, 0.1) is 12.8 Å². The van der Waals surface area contributed by atoms with Gasteiger partial charge in [0.15, 0.2) is 11.5 Å². The van der Waals surface area contributed by atoms with Crippen LogP contribution in [0, 0.1) is 0 Å². The summed E-state index contributed by atoms with van der Waals surface area (Å²) in [6.07, 6.45) is 3.59. The molecule has 0 saturated heterocycles. The average Bonchev–Trinajstić information content (AvgIpc) is 2.65. The molecule has 5 N–H and O–H groups in total. The highest BCUT2D eigenvalue weighted by Crippen LogP contribution is 2.29. The van der Waals surface area contributed by atoms with Crippen molar-refractivity contribution >= 4 is 23.3 Å². The number of phenolic OH excluding ortho intramolecular Hbond substituents is 1. The Kier molecular flexibility index (Phi) is 6.79. The summed E-state index contributed by atoms with van der Waals surface area (Å²) in [4.78, 5) is 0. The van der Waals surface area contributed by atoms with Crippen molar-refractivity contribution in [2.24, 2.45) is 21.7 Å². The lowest BCUT2D eigenvalue weighted by molar-refractivity contribution is 0.373. The number of allylic oxidation sites excluding steroid dienone is 1. The zero-order valence-corrected chi connectivity index (χ0v) is 15.0. The summed E-state index contributed by atoms with van der Waals surface area (Å²) in [5.41, 5.74) is 14.4. The first-order valence-electron chi connectivity index (χ1n) is 8.35. The molecule has 136 valence electrons. The van der Waals surface area contributed by atoms with Crippen LogP contribution in [-0.2, 0) is 0 Å². The van der Waals surface area contributed by atoms with Gasteiger partial charge in [-0.2, -0.15) is 5.10 Å². The fraction of sp³-hybridized carbons (Fsp3) is 0.200. The quantitative estimate of drug-likeness (QED) is 0.307. The monoisotopic (exact) mass is 352 g/mol. The van der Waals surface area contributed by atoms with E-state index in [1.54, 1.807) is 12.1 Å². The van der Waals surface area contributed by atoms with Crippen LogP contribution in [0.1, 0.15) is 30.9 Å². The molecule has 26 heavy (non-hydrogen) atoms. The van der Waals surface area contributed by atoms with Crippen molar-refractivity contribution in [3.05, 3.63) is 59.7 Å². The van der Waals surface area contributed by atoms with Crippen LogP contribution in [0.5, 0.6) is 11.5 Å². The maximum absolute atomic E-state index is 9.81. The minimum absolute atomic E-state index is 0.0858. The van der Waals surface area contributed by atoms with Crippen LogP contribution in [-0.4, -0.2) is 23.9 Å². The molecule has 0 heterocycles. The van der Waals surface area contributed by atoms with Crippen molar-refractivity contribution in [1.29, 1.82) is 0 Å². The fourth-order valence-electron chi connectivity index (χ4n) is 2.50. The van der Waals surface area contributed by atoms with Crippen LogP contribution < -0.4 is 16.2 Å². The van der Waals surface area contributed by atoms with Gasteiger partial charge >= 0.3 is 0 Å².